The molecule has 1 saturated heterocycles. The summed E-state index contributed by atoms with van der Waals surface area (Å²) in [6.45, 7) is 3.89. The van der Waals surface area contributed by atoms with Gasteiger partial charge >= 0.3 is 0 Å². The van der Waals surface area contributed by atoms with Gasteiger partial charge in [-0.05, 0) is 25.8 Å². The number of rotatable bonds is 1. The summed E-state index contributed by atoms with van der Waals surface area (Å²) in [4.78, 5) is 0. The van der Waals surface area contributed by atoms with Gasteiger partial charge in [0.1, 0.15) is 0 Å². The number of hydrogen-bond donors (Lipinski definition) is 2. The van der Waals surface area contributed by atoms with Crippen LogP contribution >= 0.6 is 12.4 Å². The highest BCUT2D eigenvalue weighted by Gasteiger charge is 2.26. The highest BCUT2D eigenvalue weighted by atomic mass is 35.5. The molecule has 0 aromatic carbocycles. The summed E-state index contributed by atoms with van der Waals surface area (Å²) in [5.41, 5.74) is -0.391. The Morgan fingerprint density at radius 1 is 1.60 bits per heavy atom. The van der Waals surface area contributed by atoms with E-state index >= 15 is 0 Å². The Bertz CT molecular complexity index is 91.6. The highest BCUT2D eigenvalue weighted by Crippen LogP contribution is 2.18. The molecule has 0 aromatic heterocycles. The third-order valence-electron chi connectivity index (χ3n) is 2.11. The first-order valence-corrected chi connectivity index (χ1v) is 3.70. The number of halogens is 1. The summed E-state index contributed by atoms with van der Waals surface area (Å²) in [6, 6.07) is 0. The van der Waals surface area contributed by atoms with Gasteiger partial charge < -0.3 is 10.4 Å². The third kappa shape index (κ3) is 2.45. The van der Waals surface area contributed by atoms with Crippen molar-refractivity contribution in [2.24, 2.45) is 0 Å². The fourth-order valence-electron chi connectivity index (χ4n) is 1.25. The average molecular weight is 166 g/mol. The summed E-state index contributed by atoms with van der Waals surface area (Å²) >= 11 is 0. The fourth-order valence-corrected chi connectivity index (χ4v) is 1.25. The molecule has 0 radical (unpaired) electrons. The minimum Gasteiger partial charge on any atom is -0.389 e. The maximum atomic E-state index is 9.62. The van der Waals surface area contributed by atoms with Crippen LogP contribution in [0.25, 0.3) is 0 Å². The lowest BCUT2D eigenvalue weighted by atomic mass is 9.92. The molecule has 0 saturated carbocycles. The average Bonchev–Trinajstić information content (AvgIpc) is 1.90. The van der Waals surface area contributed by atoms with Crippen LogP contribution < -0.4 is 5.32 Å². The van der Waals surface area contributed by atoms with Gasteiger partial charge in [0.15, 0.2) is 0 Å². The zero-order valence-electron chi connectivity index (χ0n) is 6.39. The SMILES string of the molecule is CCC1(O)CCCNC1.Cl. The van der Waals surface area contributed by atoms with E-state index in [1.807, 2.05) is 6.92 Å². The van der Waals surface area contributed by atoms with Crippen LogP contribution in [0.2, 0.25) is 0 Å². The molecule has 3 heteroatoms. The zero-order chi connectivity index (χ0) is 6.74. The summed E-state index contributed by atoms with van der Waals surface area (Å²) in [5.74, 6) is 0. The monoisotopic (exact) mass is 165 g/mol. The molecule has 0 bridgehead atoms. The lowest BCUT2D eigenvalue weighted by molar-refractivity contribution is 0.0131. The van der Waals surface area contributed by atoms with Gasteiger partial charge in [0.2, 0.25) is 0 Å². The van der Waals surface area contributed by atoms with Crippen molar-refractivity contribution in [2.75, 3.05) is 13.1 Å². The summed E-state index contributed by atoms with van der Waals surface area (Å²) < 4.78 is 0. The molecule has 0 spiro atoms. The predicted molar refractivity (Wildman–Crippen MR) is 44.6 cm³/mol. The van der Waals surface area contributed by atoms with Gasteiger partial charge in [-0.1, -0.05) is 6.92 Å². The highest BCUT2D eigenvalue weighted by molar-refractivity contribution is 5.85. The normalized spacial score (nSPS) is 33.0. The van der Waals surface area contributed by atoms with E-state index in [0.29, 0.717) is 0 Å². The second-order valence-corrected chi connectivity index (χ2v) is 2.86. The van der Waals surface area contributed by atoms with E-state index in [1.165, 1.54) is 0 Å². The first-order valence-electron chi connectivity index (χ1n) is 3.70. The molecule has 10 heavy (non-hydrogen) atoms. The van der Waals surface area contributed by atoms with Crippen molar-refractivity contribution < 1.29 is 5.11 Å². The van der Waals surface area contributed by atoms with Gasteiger partial charge in [-0.3, -0.25) is 0 Å². The minimum absolute atomic E-state index is 0. The van der Waals surface area contributed by atoms with E-state index in [1.54, 1.807) is 0 Å². The first-order chi connectivity index (χ1) is 4.27. The topological polar surface area (TPSA) is 32.3 Å². The molecule has 0 amide bonds. The second-order valence-electron chi connectivity index (χ2n) is 2.86. The van der Waals surface area contributed by atoms with Crippen LogP contribution in [0.1, 0.15) is 26.2 Å². The Hall–Kier alpha value is 0.210. The lowest BCUT2D eigenvalue weighted by Gasteiger charge is -2.31. The van der Waals surface area contributed by atoms with E-state index in [0.717, 1.165) is 32.4 Å². The zero-order valence-corrected chi connectivity index (χ0v) is 7.21. The summed E-state index contributed by atoms with van der Waals surface area (Å²) in [7, 11) is 0. The van der Waals surface area contributed by atoms with Crippen LogP contribution in [0.15, 0.2) is 0 Å². The number of β-amino-alcohol motifs (C(OH)–C–C–N with tert-alkyl or cyclic N) is 1. The minimum atomic E-state index is -0.391. The molecule has 62 valence electrons. The Morgan fingerprint density at radius 3 is 2.60 bits per heavy atom. The first kappa shape index (κ1) is 10.2. The molecule has 1 atom stereocenters. The van der Waals surface area contributed by atoms with Crippen molar-refractivity contribution in [3.8, 4) is 0 Å². The molecule has 1 rings (SSSR count). The molecular weight excluding hydrogens is 150 g/mol. The Labute approximate surface area is 68.4 Å². The third-order valence-corrected chi connectivity index (χ3v) is 2.11. The van der Waals surface area contributed by atoms with Crippen LogP contribution in [-0.4, -0.2) is 23.8 Å². The molecule has 1 aliphatic heterocycles. The van der Waals surface area contributed by atoms with Crippen molar-refractivity contribution in [1.82, 2.24) is 5.32 Å². The van der Waals surface area contributed by atoms with E-state index in [2.05, 4.69) is 5.32 Å². The smallest absolute Gasteiger partial charge is 0.0769 e. The molecule has 1 heterocycles. The quantitative estimate of drug-likeness (QED) is 0.606. The second kappa shape index (κ2) is 4.16. The van der Waals surface area contributed by atoms with Gasteiger partial charge in [-0.25, -0.2) is 0 Å². The van der Waals surface area contributed by atoms with E-state index in [-0.39, 0.29) is 12.4 Å². The maximum Gasteiger partial charge on any atom is 0.0769 e. The van der Waals surface area contributed by atoms with Gasteiger partial charge in [0.25, 0.3) is 0 Å². The van der Waals surface area contributed by atoms with Crippen molar-refractivity contribution in [3.63, 3.8) is 0 Å². The van der Waals surface area contributed by atoms with E-state index < -0.39 is 5.60 Å². The molecule has 2 nitrogen and oxygen atoms in total. The van der Waals surface area contributed by atoms with Crippen LogP contribution in [0.5, 0.6) is 0 Å². The number of hydrogen-bond acceptors (Lipinski definition) is 2. The van der Waals surface area contributed by atoms with Gasteiger partial charge in [0, 0.05) is 6.54 Å². The number of piperidine rings is 1. The largest absolute Gasteiger partial charge is 0.389 e. The van der Waals surface area contributed by atoms with E-state index in [4.69, 9.17) is 0 Å². The molecule has 2 N–H and O–H groups in total. The molecule has 0 aromatic rings. The van der Waals surface area contributed by atoms with E-state index in [9.17, 15) is 5.11 Å². The number of aliphatic hydroxyl groups is 1. The van der Waals surface area contributed by atoms with Crippen LogP contribution in [0.4, 0.5) is 0 Å². The molecule has 0 aliphatic carbocycles. The van der Waals surface area contributed by atoms with Crippen molar-refractivity contribution in [2.45, 2.75) is 31.8 Å². The number of nitrogens with one attached hydrogen (secondary N) is 1. The summed E-state index contributed by atoms with van der Waals surface area (Å²) in [5, 5.41) is 12.8. The van der Waals surface area contributed by atoms with Crippen molar-refractivity contribution >= 4 is 12.4 Å². The Kier molecular flexibility index (Phi) is 4.25. The fraction of sp³-hybridized carbons (Fsp3) is 1.00. The van der Waals surface area contributed by atoms with Crippen molar-refractivity contribution in [1.29, 1.82) is 0 Å². The Balaban J connectivity index is 0.000000810. The van der Waals surface area contributed by atoms with Gasteiger partial charge in [0.05, 0.1) is 5.60 Å². The molecular formula is C7H16ClNO. The Morgan fingerprint density at radius 2 is 2.30 bits per heavy atom. The van der Waals surface area contributed by atoms with Crippen LogP contribution in [0.3, 0.4) is 0 Å². The standard InChI is InChI=1S/C7H15NO.ClH/c1-2-7(9)4-3-5-8-6-7;/h8-9H,2-6H2,1H3;1H. The van der Waals surface area contributed by atoms with Gasteiger partial charge in [-0.2, -0.15) is 0 Å². The molecule has 1 aliphatic rings. The van der Waals surface area contributed by atoms with Crippen molar-refractivity contribution in [3.05, 3.63) is 0 Å². The van der Waals surface area contributed by atoms with Gasteiger partial charge in [-0.15, -0.1) is 12.4 Å². The lowest BCUT2D eigenvalue weighted by Crippen LogP contribution is -2.44. The molecule has 1 fully saturated rings. The maximum absolute atomic E-state index is 9.62. The molecule has 1 unspecified atom stereocenters. The predicted octanol–water partition coefficient (Wildman–Crippen LogP) is 0.933. The summed E-state index contributed by atoms with van der Waals surface area (Å²) in [6.07, 6.45) is 2.96. The van der Waals surface area contributed by atoms with Crippen LogP contribution in [0, 0.1) is 0 Å². The van der Waals surface area contributed by atoms with Crippen LogP contribution in [-0.2, 0) is 0 Å².